The SMILES string of the molecule is CCC(C)CCCCCCOc1ncc(-c2ccc(OCCCCC[C@@H](C)CC)cc2)cn1. The van der Waals surface area contributed by atoms with E-state index in [9.17, 15) is 0 Å². The first-order valence-corrected chi connectivity index (χ1v) is 13.3. The van der Waals surface area contributed by atoms with E-state index in [1.54, 1.807) is 0 Å². The van der Waals surface area contributed by atoms with Crippen molar-refractivity contribution in [3.05, 3.63) is 36.7 Å². The van der Waals surface area contributed by atoms with Crippen LogP contribution in [0, 0.1) is 11.8 Å². The summed E-state index contributed by atoms with van der Waals surface area (Å²) in [7, 11) is 0. The first-order valence-electron chi connectivity index (χ1n) is 13.3. The highest BCUT2D eigenvalue weighted by molar-refractivity contribution is 5.62. The molecule has 184 valence electrons. The Balaban J connectivity index is 1.62. The zero-order chi connectivity index (χ0) is 23.7. The van der Waals surface area contributed by atoms with Gasteiger partial charge in [0, 0.05) is 18.0 Å². The molecule has 1 heterocycles. The van der Waals surface area contributed by atoms with Crippen molar-refractivity contribution in [1.82, 2.24) is 9.97 Å². The number of ether oxygens (including phenoxy) is 2. The molecule has 2 atom stereocenters. The van der Waals surface area contributed by atoms with E-state index in [4.69, 9.17) is 9.47 Å². The van der Waals surface area contributed by atoms with Gasteiger partial charge < -0.3 is 9.47 Å². The number of nitrogens with zero attached hydrogens (tertiary/aromatic N) is 2. The Bertz CT molecular complexity index is 730. The fraction of sp³-hybridized carbons (Fsp3) is 0.655. The zero-order valence-corrected chi connectivity index (χ0v) is 21.5. The Labute approximate surface area is 202 Å². The van der Waals surface area contributed by atoms with Crippen LogP contribution in [-0.4, -0.2) is 23.2 Å². The van der Waals surface area contributed by atoms with Crippen LogP contribution in [0.3, 0.4) is 0 Å². The lowest BCUT2D eigenvalue weighted by molar-refractivity contribution is 0.280. The maximum absolute atomic E-state index is 5.89. The summed E-state index contributed by atoms with van der Waals surface area (Å²) in [5, 5.41) is 0. The molecule has 0 amide bonds. The van der Waals surface area contributed by atoms with Crippen molar-refractivity contribution in [2.75, 3.05) is 13.2 Å². The van der Waals surface area contributed by atoms with Gasteiger partial charge in [-0.25, -0.2) is 9.97 Å². The van der Waals surface area contributed by atoms with E-state index in [0.29, 0.717) is 12.6 Å². The number of unbranched alkanes of at least 4 members (excludes halogenated alkanes) is 5. The maximum Gasteiger partial charge on any atom is 0.316 e. The summed E-state index contributed by atoms with van der Waals surface area (Å²) in [5.74, 6) is 2.62. The van der Waals surface area contributed by atoms with E-state index in [1.165, 1.54) is 57.8 Å². The van der Waals surface area contributed by atoms with Gasteiger partial charge >= 0.3 is 6.01 Å². The average molecular weight is 455 g/mol. The van der Waals surface area contributed by atoms with Gasteiger partial charge in [-0.1, -0.05) is 97.6 Å². The van der Waals surface area contributed by atoms with E-state index >= 15 is 0 Å². The Morgan fingerprint density at radius 2 is 1.15 bits per heavy atom. The van der Waals surface area contributed by atoms with Crippen LogP contribution in [0.4, 0.5) is 0 Å². The lowest BCUT2D eigenvalue weighted by atomic mass is 10.0. The van der Waals surface area contributed by atoms with Gasteiger partial charge in [-0.05, 0) is 42.4 Å². The minimum Gasteiger partial charge on any atom is -0.494 e. The number of benzene rings is 1. The number of aromatic nitrogens is 2. The summed E-state index contributed by atoms with van der Waals surface area (Å²) < 4.78 is 11.6. The highest BCUT2D eigenvalue weighted by Crippen LogP contribution is 2.22. The third-order valence-electron chi connectivity index (χ3n) is 6.64. The Kier molecular flexibility index (Phi) is 13.6. The lowest BCUT2D eigenvalue weighted by Gasteiger charge is -2.09. The molecule has 0 radical (unpaired) electrons. The van der Waals surface area contributed by atoms with Crippen molar-refractivity contribution >= 4 is 0 Å². The van der Waals surface area contributed by atoms with Gasteiger partial charge in [0.15, 0.2) is 0 Å². The molecule has 1 unspecified atom stereocenters. The van der Waals surface area contributed by atoms with Crippen LogP contribution in [0.2, 0.25) is 0 Å². The topological polar surface area (TPSA) is 44.2 Å². The van der Waals surface area contributed by atoms with E-state index in [0.717, 1.165) is 48.2 Å². The molecule has 1 aromatic carbocycles. The van der Waals surface area contributed by atoms with Crippen LogP contribution in [0.25, 0.3) is 11.1 Å². The van der Waals surface area contributed by atoms with Crippen molar-refractivity contribution < 1.29 is 9.47 Å². The fourth-order valence-electron chi connectivity index (χ4n) is 3.77. The molecule has 0 aliphatic carbocycles. The summed E-state index contributed by atoms with van der Waals surface area (Å²) in [5.41, 5.74) is 2.08. The summed E-state index contributed by atoms with van der Waals surface area (Å²) in [6.45, 7) is 10.7. The summed E-state index contributed by atoms with van der Waals surface area (Å²) in [6.07, 6.45) is 17.4. The monoisotopic (exact) mass is 454 g/mol. The third-order valence-corrected chi connectivity index (χ3v) is 6.64. The van der Waals surface area contributed by atoms with Crippen LogP contribution in [0.15, 0.2) is 36.7 Å². The maximum atomic E-state index is 5.89. The van der Waals surface area contributed by atoms with Gasteiger partial charge in [-0.3, -0.25) is 0 Å². The molecule has 0 aliphatic heterocycles. The third kappa shape index (κ3) is 11.5. The molecule has 0 spiro atoms. The minimum absolute atomic E-state index is 0.464. The number of rotatable bonds is 18. The molecule has 2 aromatic rings. The van der Waals surface area contributed by atoms with Gasteiger partial charge in [-0.15, -0.1) is 0 Å². The number of hydrogen-bond acceptors (Lipinski definition) is 4. The Morgan fingerprint density at radius 3 is 1.73 bits per heavy atom. The van der Waals surface area contributed by atoms with Gasteiger partial charge in [0.25, 0.3) is 0 Å². The van der Waals surface area contributed by atoms with Crippen molar-refractivity contribution in [2.24, 2.45) is 11.8 Å². The first-order chi connectivity index (χ1) is 16.1. The van der Waals surface area contributed by atoms with Crippen LogP contribution < -0.4 is 9.47 Å². The molecular formula is C29H46N2O2. The average Bonchev–Trinajstić information content (AvgIpc) is 2.86. The second-order valence-electron chi connectivity index (χ2n) is 9.55. The van der Waals surface area contributed by atoms with Crippen LogP contribution >= 0.6 is 0 Å². The molecule has 0 saturated heterocycles. The first kappa shape index (κ1) is 27.1. The smallest absolute Gasteiger partial charge is 0.316 e. The zero-order valence-electron chi connectivity index (χ0n) is 21.5. The summed E-state index contributed by atoms with van der Waals surface area (Å²) in [4.78, 5) is 8.76. The predicted octanol–water partition coefficient (Wildman–Crippen LogP) is 8.50. The molecule has 2 rings (SSSR count). The second-order valence-corrected chi connectivity index (χ2v) is 9.55. The standard InChI is InChI=1S/C29H46N2O2/c1-5-24(3)14-10-7-8-12-21-33-29-30-22-27(23-31-29)26-16-18-28(19-17-26)32-20-13-9-11-15-25(4)6-2/h16-19,22-25H,5-15,20-21H2,1-4H3/t24?,25-/m0/s1. The van der Waals surface area contributed by atoms with Gasteiger partial charge in [-0.2, -0.15) is 0 Å². The molecular weight excluding hydrogens is 408 g/mol. The molecule has 4 heteroatoms. The fourth-order valence-corrected chi connectivity index (χ4v) is 3.77. The van der Waals surface area contributed by atoms with Gasteiger partial charge in [0.2, 0.25) is 0 Å². The van der Waals surface area contributed by atoms with E-state index < -0.39 is 0 Å². The Hall–Kier alpha value is -2.10. The molecule has 4 nitrogen and oxygen atoms in total. The van der Waals surface area contributed by atoms with Gasteiger partial charge in [0.1, 0.15) is 5.75 Å². The quantitative estimate of drug-likeness (QED) is 0.212. The molecule has 0 bridgehead atoms. The van der Waals surface area contributed by atoms with Crippen molar-refractivity contribution in [3.8, 4) is 22.9 Å². The van der Waals surface area contributed by atoms with Crippen molar-refractivity contribution in [3.63, 3.8) is 0 Å². The van der Waals surface area contributed by atoms with Crippen LogP contribution in [0.5, 0.6) is 11.8 Å². The molecule has 0 N–H and O–H groups in total. The van der Waals surface area contributed by atoms with E-state index in [1.807, 2.05) is 24.5 Å². The number of hydrogen-bond donors (Lipinski definition) is 0. The van der Waals surface area contributed by atoms with Crippen molar-refractivity contribution in [2.45, 2.75) is 98.3 Å². The highest BCUT2D eigenvalue weighted by atomic mass is 16.5. The molecule has 0 fully saturated rings. The molecule has 0 aliphatic rings. The largest absolute Gasteiger partial charge is 0.494 e. The predicted molar refractivity (Wildman–Crippen MR) is 139 cm³/mol. The van der Waals surface area contributed by atoms with Crippen molar-refractivity contribution in [1.29, 1.82) is 0 Å². The van der Waals surface area contributed by atoms with Crippen LogP contribution in [-0.2, 0) is 0 Å². The normalized spacial score (nSPS) is 13.0. The van der Waals surface area contributed by atoms with E-state index in [2.05, 4.69) is 49.8 Å². The molecule has 1 aromatic heterocycles. The lowest BCUT2D eigenvalue weighted by Crippen LogP contribution is -2.01. The Morgan fingerprint density at radius 1 is 0.636 bits per heavy atom. The molecule has 33 heavy (non-hydrogen) atoms. The summed E-state index contributed by atoms with van der Waals surface area (Å²) >= 11 is 0. The van der Waals surface area contributed by atoms with E-state index in [-0.39, 0.29) is 0 Å². The second kappa shape index (κ2) is 16.5. The van der Waals surface area contributed by atoms with Gasteiger partial charge in [0.05, 0.1) is 13.2 Å². The minimum atomic E-state index is 0.464. The molecule has 0 saturated carbocycles. The van der Waals surface area contributed by atoms with Crippen LogP contribution in [0.1, 0.15) is 98.3 Å². The summed E-state index contributed by atoms with van der Waals surface area (Å²) in [6, 6.07) is 8.65. The highest BCUT2D eigenvalue weighted by Gasteiger charge is 2.04.